The molecule has 2 fully saturated rings. The molecular weight excluding hydrogens is 531 g/mol. The van der Waals surface area contributed by atoms with E-state index in [4.69, 9.17) is 23.2 Å². The molecule has 3 atom stereocenters. The molecule has 2 aliphatic rings. The smallest absolute Gasteiger partial charge is 0.239 e. The van der Waals surface area contributed by atoms with E-state index >= 15 is 0 Å². The Labute approximate surface area is 243 Å². The molecule has 2 aromatic carbocycles. The van der Waals surface area contributed by atoms with Gasteiger partial charge in [-0.15, -0.1) is 0 Å². The maximum Gasteiger partial charge on any atom is 0.239 e. The van der Waals surface area contributed by atoms with Gasteiger partial charge in [-0.3, -0.25) is 9.59 Å². The third kappa shape index (κ3) is 8.94. The van der Waals surface area contributed by atoms with Gasteiger partial charge < -0.3 is 20.4 Å². The summed E-state index contributed by atoms with van der Waals surface area (Å²) in [6.45, 7) is 7.21. The second kappa shape index (κ2) is 15.0. The zero-order valence-electron chi connectivity index (χ0n) is 23.0. The Morgan fingerprint density at radius 3 is 2.56 bits per heavy atom. The number of likely N-dealkylation sites (tertiary alicyclic amines) is 1. The number of carbonyl (C=O) groups excluding carboxylic acids is 2. The first-order valence-corrected chi connectivity index (χ1v) is 15.2. The summed E-state index contributed by atoms with van der Waals surface area (Å²) in [6, 6.07) is 15.5. The van der Waals surface area contributed by atoms with Crippen molar-refractivity contribution in [3.8, 4) is 0 Å². The first kappa shape index (κ1) is 29.9. The van der Waals surface area contributed by atoms with Crippen molar-refractivity contribution < 1.29 is 9.59 Å². The van der Waals surface area contributed by atoms with Crippen LogP contribution in [-0.4, -0.2) is 73.0 Å². The largest absolute Gasteiger partial charge is 0.354 e. The van der Waals surface area contributed by atoms with Gasteiger partial charge in [-0.1, -0.05) is 72.9 Å². The fraction of sp³-hybridized carbons (Fsp3) is 0.548. The van der Waals surface area contributed by atoms with Gasteiger partial charge in [-0.2, -0.15) is 0 Å². The van der Waals surface area contributed by atoms with Crippen molar-refractivity contribution in [1.29, 1.82) is 0 Å². The standard InChI is InChI=1S/C31H42Cl2N4O2/c1-2-23(24-9-5-3-6-10-24)22-37-18-13-27(21-34-30(38)19-25-11-12-26(32)20-28(25)33)35-29(31(37)39)14-17-36-15-7-4-8-16-36/h3,5-6,9-12,20,23,27,29,35H,2,4,7-8,13-19,21-22H2,1H3,(H,34,38)/t23?,27-,29-/m0/s1. The van der Waals surface area contributed by atoms with E-state index in [1.165, 1.54) is 24.8 Å². The molecule has 2 saturated heterocycles. The SMILES string of the molecule is CCC(CN1CC[C@@H](CNC(=O)Cc2ccc(Cl)cc2Cl)N[C@@H](CCN2CCCCC2)C1=O)c1ccccc1. The monoisotopic (exact) mass is 572 g/mol. The maximum absolute atomic E-state index is 13.8. The van der Waals surface area contributed by atoms with E-state index in [-0.39, 0.29) is 30.3 Å². The number of carbonyl (C=O) groups is 2. The third-order valence-corrected chi connectivity index (χ3v) is 8.68. The highest BCUT2D eigenvalue weighted by molar-refractivity contribution is 6.35. The molecule has 2 aliphatic heterocycles. The second-order valence-corrected chi connectivity index (χ2v) is 11.8. The zero-order chi connectivity index (χ0) is 27.6. The van der Waals surface area contributed by atoms with Gasteiger partial charge in [0.15, 0.2) is 0 Å². The van der Waals surface area contributed by atoms with Crippen LogP contribution in [0.25, 0.3) is 0 Å². The fourth-order valence-electron chi connectivity index (χ4n) is 5.72. The molecule has 0 aromatic heterocycles. The quantitative estimate of drug-likeness (QED) is 0.384. The van der Waals surface area contributed by atoms with Crippen LogP contribution in [0.1, 0.15) is 62.5 Å². The van der Waals surface area contributed by atoms with Gasteiger partial charge in [0.2, 0.25) is 11.8 Å². The van der Waals surface area contributed by atoms with E-state index < -0.39 is 0 Å². The van der Waals surface area contributed by atoms with E-state index in [2.05, 4.69) is 51.6 Å². The predicted octanol–water partition coefficient (Wildman–Crippen LogP) is 5.28. The first-order chi connectivity index (χ1) is 18.9. The Morgan fingerprint density at radius 2 is 1.85 bits per heavy atom. The normalized spacial score (nSPS) is 21.4. The summed E-state index contributed by atoms with van der Waals surface area (Å²) in [7, 11) is 0. The van der Waals surface area contributed by atoms with Gasteiger partial charge in [0.05, 0.1) is 12.5 Å². The van der Waals surface area contributed by atoms with Crippen LogP contribution in [0.3, 0.4) is 0 Å². The molecule has 1 unspecified atom stereocenters. The molecule has 0 bridgehead atoms. The summed E-state index contributed by atoms with van der Waals surface area (Å²) in [4.78, 5) is 31.1. The van der Waals surface area contributed by atoms with Crippen molar-refractivity contribution in [3.05, 3.63) is 69.7 Å². The topological polar surface area (TPSA) is 64.7 Å². The Bertz CT molecular complexity index is 1080. The molecule has 8 heteroatoms. The minimum atomic E-state index is -0.254. The lowest BCUT2D eigenvalue weighted by molar-refractivity contribution is -0.133. The molecule has 2 amide bonds. The van der Waals surface area contributed by atoms with E-state index in [9.17, 15) is 9.59 Å². The number of hydrogen-bond donors (Lipinski definition) is 2. The highest BCUT2D eigenvalue weighted by Crippen LogP contribution is 2.24. The number of amides is 2. The Hall–Kier alpha value is -2.12. The molecule has 4 rings (SSSR count). The van der Waals surface area contributed by atoms with Crippen molar-refractivity contribution in [2.24, 2.45) is 0 Å². The lowest BCUT2D eigenvalue weighted by Gasteiger charge is -2.31. The molecule has 0 radical (unpaired) electrons. The van der Waals surface area contributed by atoms with Gasteiger partial charge in [0.25, 0.3) is 0 Å². The summed E-state index contributed by atoms with van der Waals surface area (Å²) in [6.07, 6.45) is 6.51. The highest BCUT2D eigenvalue weighted by atomic mass is 35.5. The number of nitrogens with zero attached hydrogens (tertiary/aromatic N) is 2. The molecule has 0 saturated carbocycles. The van der Waals surface area contributed by atoms with Crippen LogP contribution in [-0.2, 0) is 16.0 Å². The number of nitrogens with one attached hydrogen (secondary N) is 2. The molecule has 6 nitrogen and oxygen atoms in total. The highest BCUT2D eigenvalue weighted by Gasteiger charge is 2.32. The van der Waals surface area contributed by atoms with Crippen LogP contribution < -0.4 is 10.6 Å². The minimum Gasteiger partial charge on any atom is -0.354 e. The summed E-state index contributed by atoms with van der Waals surface area (Å²) >= 11 is 12.3. The summed E-state index contributed by atoms with van der Waals surface area (Å²) in [5, 5.41) is 7.74. The molecule has 0 spiro atoms. The number of halogens is 2. The van der Waals surface area contributed by atoms with Gasteiger partial charge in [-0.05, 0) is 68.5 Å². The number of hydrogen-bond acceptors (Lipinski definition) is 4. The Morgan fingerprint density at radius 1 is 1.08 bits per heavy atom. The van der Waals surface area contributed by atoms with Crippen LogP contribution >= 0.6 is 23.2 Å². The average molecular weight is 574 g/mol. The minimum absolute atomic E-state index is 0.0201. The molecule has 2 N–H and O–H groups in total. The van der Waals surface area contributed by atoms with Crippen LogP contribution in [0.4, 0.5) is 0 Å². The number of benzene rings is 2. The molecular formula is C31H42Cl2N4O2. The van der Waals surface area contributed by atoms with Crippen LogP contribution in [0.5, 0.6) is 0 Å². The number of piperidine rings is 1. The molecule has 2 heterocycles. The van der Waals surface area contributed by atoms with Crippen molar-refractivity contribution in [2.75, 3.05) is 39.3 Å². The van der Waals surface area contributed by atoms with Crippen molar-refractivity contribution in [2.45, 2.75) is 69.9 Å². The van der Waals surface area contributed by atoms with Crippen LogP contribution in [0, 0.1) is 0 Å². The summed E-state index contributed by atoms with van der Waals surface area (Å²) < 4.78 is 0. The summed E-state index contributed by atoms with van der Waals surface area (Å²) in [5.41, 5.74) is 2.03. The lowest BCUT2D eigenvalue weighted by Crippen LogP contribution is -2.50. The second-order valence-electron chi connectivity index (χ2n) is 10.9. The fourth-order valence-corrected chi connectivity index (χ4v) is 6.20. The van der Waals surface area contributed by atoms with Gasteiger partial charge in [-0.25, -0.2) is 0 Å². The van der Waals surface area contributed by atoms with Crippen LogP contribution in [0.15, 0.2) is 48.5 Å². The van der Waals surface area contributed by atoms with Gasteiger partial charge in [0.1, 0.15) is 0 Å². The summed E-state index contributed by atoms with van der Waals surface area (Å²) in [5.74, 6) is 0.398. The van der Waals surface area contributed by atoms with Crippen LogP contribution in [0.2, 0.25) is 10.0 Å². The van der Waals surface area contributed by atoms with Gasteiger partial charge in [0, 0.05) is 48.2 Å². The van der Waals surface area contributed by atoms with Crippen molar-refractivity contribution in [1.82, 2.24) is 20.4 Å². The van der Waals surface area contributed by atoms with E-state index in [1.54, 1.807) is 18.2 Å². The van der Waals surface area contributed by atoms with Gasteiger partial charge >= 0.3 is 0 Å². The first-order valence-electron chi connectivity index (χ1n) is 14.5. The predicted molar refractivity (Wildman–Crippen MR) is 159 cm³/mol. The molecule has 212 valence electrons. The van der Waals surface area contributed by atoms with Crippen molar-refractivity contribution in [3.63, 3.8) is 0 Å². The maximum atomic E-state index is 13.8. The Balaban J connectivity index is 1.40. The molecule has 2 aromatic rings. The number of rotatable bonds is 11. The third-order valence-electron chi connectivity index (χ3n) is 8.09. The average Bonchev–Trinajstić information content (AvgIpc) is 3.10. The molecule has 0 aliphatic carbocycles. The Kier molecular flexibility index (Phi) is 11.5. The zero-order valence-corrected chi connectivity index (χ0v) is 24.5. The van der Waals surface area contributed by atoms with E-state index in [0.29, 0.717) is 29.1 Å². The van der Waals surface area contributed by atoms with E-state index in [1.807, 2.05) is 6.07 Å². The lowest BCUT2D eigenvalue weighted by atomic mass is 9.95. The van der Waals surface area contributed by atoms with Crippen molar-refractivity contribution >= 4 is 35.0 Å². The van der Waals surface area contributed by atoms with E-state index in [0.717, 1.165) is 51.0 Å². The molecule has 39 heavy (non-hydrogen) atoms.